The molecule has 0 aliphatic heterocycles. The van der Waals surface area contributed by atoms with Crippen molar-refractivity contribution in [3.63, 3.8) is 0 Å². The Kier molecular flexibility index (Phi) is 2.60. The number of phenols is 1. The van der Waals surface area contributed by atoms with Crippen molar-refractivity contribution < 1.29 is 10.2 Å². The second-order valence-corrected chi connectivity index (χ2v) is 4.92. The molecule has 0 saturated carbocycles. The Morgan fingerprint density at radius 2 is 1.78 bits per heavy atom. The van der Waals surface area contributed by atoms with Crippen LogP contribution < -0.4 is 0 Å². The fourth-order valence-corrected chi connectivity index (χ4v) is 2.87. The first-order valence-corrected chi connectivity index (χ1v) is 6.30. The molecule has 0 saturated heterocycles. The van der Waals surface area contributed by atoms with Gasteiger partial charge < -0.3 is 10.2 Å². The van der Waals surface area contributed by atoms with E-state index in [1.54, 1.807) is 12.1 Å². The van der Waals surface area contributed by atoms with E-state index < -0.39 is 5.60 Å². The van der Waals surface area contributed by atoms with Crippen LogP contribution in [0.4, 0.5) is 0 Å². The van der Waals surface area contributed by atoms with Crippen LogP contribution in [0.25, 0.3) is 0 Å². The van der Waals surface area contributed by atoms with Crippen molar-refractivity contribution in [1.82, 2.24) is 0 Å². The Bertz CT molecular complexity index is 563. The summed E-state index contributed by atoms with van der Waals surface area (Å²) in [6, 6.07) is 15.0. The fraction of sp³-hybridized carbons (Fsp3) is 0.250. The third-order valence-corrected chi connectivity index (χ3v) is 3.77. The molecule has 0 amide bonds. The molecule has 92 valence electrons. The summed E-state index contributed by atoms with van der Waals surface area (Å²) < 4.78 is 0. The zero-order valence-electron chi connectivity index (χ0n) is 10.1. The second-order valence-electron chi connectivity index (χ2n) is 4.92. The van der Waals surface area contributed by atoms with Crippen molar-refractivity contribution in [2.75, 3.05) is 0 Å². The first-order chi connectivity index (χ1) is 8.70. The van der Waals surface area contributed by atoms with Gasteiger partial charge in [0.15, 0.2) is 0 Å². The third kappa shape index (κ3) is 1.70. The molecule has 1 unspecified atom stereocenters. The van der Waals surface area contributed by atoms with Crippen LogP contribution in [0.1, 0.15) is 29.5 Å². The van der Waals surface area contributed by atoms with Crippen molar-refractivity contribution in [1.29, 1.82) is 0 Å². The molecule has 1 aliphatic rings. The lowest BCUT2D eigenvalue weighted by molar-refractivity contribution is 0.0615. The molecule has 2 aromatic rings. The summed E-state index contributed by atoms with van der Waals surface area (Å²) in [5, 5.41) is 20.6. The van der Waals surface area contributed by atoms with E-state index in [1.165, 1.54) is 0 Å². The highest BCUT2D eigenvalue weighted by molar-refractivity contribution is 5.45. The number of hydrogen-bond donors (Lipinski definition) is 2. The normalized spacial score (nSPS) is 22.5. The van der Waals surface area contributed by atoms with Gasteiger partial charge in [-0.05, 0) is 48.1 Å². The van der Waals surface area contributed by atoms with Gasteiger partial charge in [0.2, 0.25) is 0 Å². The van der Waals surface area contributed by atoms with Gasteiger partial charge >= 0.3 is 0 Å². The lowest BCUT2D eigenvalue weighted by Crippen LogP contribution is -2.31. The standard InChI is InChI=1S/C16H16O2/c17-14-8-9-15-12(11-14)5-4-10-16(15,18)13-6-2-1-3-7-13/h1-3,6-9,11,17-18H,4-5,10H2. The first kappa shape index (κ1) is 11.3. The van der Waals surface area contributed by atoms with E-state index in [9.17, 15) is 10.2 Å². The quantitative estimate of drug-likeness (QED) is 0.804. The third-order valence-electron chi connectivity index (χ3n) is 3.77. The van der Waals surface area contributed by atoms with Gasteiger partial charge in [-0.3, -0.25) is 0 Å². The van der Waals surface area contributed by atoms with Crippen LogP contribution in [-0.2, 0) is 12.0 Å². The van der Waals surface area contributed by atoms with Gasteiger partial charge in [-0.1, -0.05) is 36.4 Å². The Balaban J connectivity index is 2.16. The summed E-state index contributed by atoms with van der Waals surface area (Å²) in [4.78, 5) is 0. The zero-order chi connectivity index (χ0) is 12.6. The number of fused-ring (bicyclic) bond motifs is 1. The van der Waals surface area contributed by atoms with E-state index in [4.69, 9.17) is 0 Å². The molecular weight excluding hydrogens is 224 g/mol. The van der Waals surface area contributed by atoms with E-state index in [1.807, 2.05) is 36.4 Å². The van der Waals surface area contributed by atoms with Crippen LogP contribution >= 0.6 is 0 Å². The molecule has 2 N–H and O–H groups in total. The summed E-state index contributed by atoms with van der Waals surface area (Å²) in [6.45, 7) is 0. The van der Waals surface area contributed by atoms with E-state index in [2.05, 4.69) is 0 Å². The lowest BCUT2D eigenvalue weighted by atomic mass is 9.75. The summed E-state index contributed by atoms with van der Waals surface area (Å²) in [7, 11) is 0. The van der Waals surface area contributed by atoms with Gasteiger partial charge in [0.05, 0.1) is 0 Å². The number of rotatable bonds is 1. The molecule has 2 heteroatoms. The first-order valence-electron chi connectivity index (χ1n) is 6.30. The maximum absolute atomic E-state index is 11.0. The number of aromatic hydroxyl groups is 1. The topological polar surface area (TPSA) is 40.5 Å². The number of phenolic OH excluding ortho intramolecular Hbond substituents is 1. The van der Waals surface area contributed by atoms with E-state index in [0.717, 1.165) is 36.0 Å². The van der Waals surface area contributed by atoms with Gasteiger partial charge in [-0.25, -0.2) is 0 Å². The van der Waals surface area contributed by atoms with Gasteiger partial charge in [0.25, 0.3) is 0 Å². The smallest absolute Gasteiger partial charge is 0.115 e. The van der Waals surface area contributed by atoms with Crippen LogP contribution in [0, 0.1) is 0 Å². The van der Waals surface area contributed by atoms with Crippen molar-refractivity contribution >= 4 is 0 Å². The average molecular weight is 240 g/mol. The summed E-state index contributed by atoms with van der Waals surface area (Å²) in [5.41, 5.74) is 1.99. The van der Waals surface area contributed by atoms with Crippen LogP contribution in [0.15, 0.2) is 48.5 Å². The maximum atomic E-state index is 11.0. The predicted octanol–water partition coefficient (Wildman–Crippen LogP) is 2.96. The molecule has 0 spiro atoms. The zero-order valence-corrected chi connectivity index (χ0v) is 10.1. The number of hydrogen-bond acceptors (Lipinski definition) is 2. The van der Waals surface area contributed by atoms with E-state index in [0.29, 0.717) is 0 Å². The van der Waals surface area contributed by atoms with Gasteiger partial charge in [0, 0.05) is 0 Å². The molecule has 18 heavy (non-hydrogen) atoms. The highest BCUT2D eigenvalue weighted by Crippen LogP contribution is 2.41. The van der Waals surface area contributed by atoms with Crippen molar-refractivity contribution in [3.8, 4) is 5.75 Å². The molecule has 1 aliphatic carbocycles. The van der Waals surface area contributed by atoms with Crippen molar-refractivity contribution in [2.45, 2.75) is 24.9 Å². The lowest BCUT2D eigenvalue weighted by Gasteiger charge is -2.35. The van der Waals surface area contributed by atoms with E-state index >= 15 is 0 Å². The minimum atomic E-state index is -0.914. The van der Waals surface area contributed by atoms with Gasteiger partial charge in [0.1, 0.15) is 11.4 Å². The molecule has 2 aromatic carbocycles. The van der Waals surface area contributed by atoms with Crippen LogP contribution in [0.5, 0.6) is 5.75 Å². The largest absolute Gasteiger partial charge is 0.508 e. The van der Waals surface area contributed by atoms with Crippen LogP contribution in [0.2, 0.25) is 0 Å². The summed E-state index contributed by atoms with van der Waals surface area (Å²) in [6.07, 6.45) is 2.58. The number of aliphatic hydroxyl groups is 1. The minimum absolute atomic E-state index is 0.270. The maximum Gasteiger partial charge on any atom is 0.115 e. The van der Waals surface area contributed by atoms with Crippen LogP contribution in [0.3, 0.4) is 0 Å². The van der Waals surface area contributed by atoms with Crippen molar-refractivity contribution in [2.24, 2.45) is 0 Å². The predicted molar refractivity (Wildman–Crippen MR) is 70.5 cm³/mol. The monoisotopic (exact) mass is 240 g/mol. The number of benzene rings is 2. The molecule has 0 bridgehead atoms. The fourth-order valence-electron chi connectivity index (χ4n) is 2.87. The Labute approximate surface area is 107 Å². The minimum Gasteiger partial charge on any atom is -0.508 e. The molecule has 0 fully saturated rings. The Hall–Kier alpha value is -1.80. The molecule has 0 radical (unpaired) electrons. The molecule has 3 rings (SSSR count). The van der Waals surface area contributed by atoms with E-state index in [-0.39, 0.29) is 5.75 Å². The highest BCUT2D eigenvalue weighted by atomic mass is 16.3. The molecule has 1 atom stereocenters. The Morgan fingerprint density at radius 3 is 2.56 bits per heavy atom. The average Bonchev–Trinajstić information content (AvgIpc) is 2.40. The second kappa shape index (κ2) is 4.14. The van der Waals surface area contributed by atoms with Gasteiger partial charge in [-0.2, -0.15) is 0 Å². The highest BCUT2D eigenvalue weighted by Gasteiger charge is 2.35. The SMILES string of the molecule is Oc1ccc2c(c1)CCCC2(O)c1ccccc1. The molecule has 0 heterocycles. The van der Waals surface area contributed by atoms with Gasteiger partial charge in [-0.15, -0.1) is 0 Å². The van der Waals surface area contributed by atoms with Crippen LogP contribution in [-0.4, -0.2) is 10.2 Å². The molecular formula is C16H16O2. The summed E-state index contributed by atoms with van der Waals surface area (Å²) in [5.74, 6) is 0.270. The molecule has 0 aromatic heterocycles. The van der Waals surface area contributed by atoms with Crippen molar-refractivity contribution in [3.05, 3.63) is 65.2 Å². The number of aryl methyl sites for hydroxylation is 1. The Morgan fingerprint density at radius 1 is 1.00 bits per heavy atom. The summed E-state index contributed by atoms with van der Waals surface area (Å²) >= 11 is 0. The molecule has 2 nitrogen and oxygen atoms in total.